The van der Waals surface area contributed by atoms with E-state index in [1.165, 1.54) is 11.1 Å². The molecule has 1 aliphatic rings. The van der Waals surface area contributed by atoms with Crippen LogP contribution in [0.25, 0.3) is 0 Å². The summed E-state index contributed by atoms with van der Waals surface area (Å²) < 4.78 is 10.4. The number of ether oxygens (including phenoxy) is 2. The lowest BCUT2D eigenvalue weighted by atomic mass is 10.00. The SMILES string of the molecule is CCNC(=NCC(O)CN1CCc2ccccc2C1)NCCCOCCOC.I. The molecule has 1 aromatic carbocycles. The molecule has 166 valence electrons. The monoisotopic (exact) mass is 520 g/mol. The van der Waals surface area contributed by atoms with Gasteiger partial charge >= 0.3 is 0 Å². The van der Waals surface area contributed by atoms with Crippen LogP contribution in [0.5, 0.6) is 0 Å². The first kappa shape index (κ1) is 26.1. The third-order valence-corrected chi connectivity index (χ3v) is 4.67. The van der Waals surface area contributed by atoms with E-state index in [1.54, 1.807) is 7.11 Å². The van der Waals surface area contributed by atoms with Crippen molar-refractivity contribution in [2.75, 3.05) is 59.7 Å². The first-order valence-corrected chi connectivity index (χ1v) is 10.3. The van der Waals surface area contributed by atoms with Crippen molar-refractivity contribution < 1.29 is 14.6 Å². The molecule has 0 bridgehead atoms. The van der Waals surface area contributed by atoms with Gasteiger partial charge in [0.25, 0.3) is 0 Å². The lowest BCUT2D eigenvalue weighted by Gasteiger charge is -2.30. The van der Waals surface area contributed by atoms with Gasteiger partial charge in [-0.25, -0.2) is 0 Å². The summed E-state index contributed by atoms with van der Waals surface area (Å²) in [5.74, 6) is 0.738. The molecule has 2 rings (SSSR count). The number of benzene rings is 1. The molecule has 0 radical (unpaired) electrons. The van der Waals surface area contributed by atoms with Gasteiger partial charge in [0.2, 0.25) is 0 Å². The van der Waals surface area contributed by atoms with Crippen molar-refractivity contribution >= 4 is 29.9 Å². The second kappa shape index (κ2) is 15.8. The molecule has 1 aliphatic heterocycles. The maximum Gasteiger partial charge on any atom is 0.191 e. The predicted molar refractivity (Wildman–Crippen MR) is 128 cm³/mol. The molecule has 1 heterocycles. The van der Waals surface area contributed by atoms with E-state index in [2.05, 4.69) is 44.8 Å². The van der Waals surface area contributed by atoms with Crippen LogP contribution in [0.4, 0.5) is 0 Å². The number of nitrogens with one attached hydrogen (secondary N) is 2. The van der Waals surface area contributed by atoms with E-state index < -0.39 is 6.10 Å². The van der Waals surface area contributed by atoms with E-state index in [4.69, 9.17) is 9.47 Å². The summed E-state index contributed by atoms with van der Waals surface area (Å²) in [6, 6.07) is 8.56. The summed E-state index contributed by atoms with van der Waals surface area (Å²) in [4.78, 5) is 6.83. The highest BCUT2D eigenvalue weighted by Gasteiger charge is 2.18. The summed E-state index contributed by atoms with van der Waals surface area (Å²) in [6.45, 7) is 8.45. The molecule has 0 spiro atoms. The molecule has 8 heteroatoms. The van der Waals surface area contributed by atoms with E-state index in [0.29, 0.717) is 32.9 Å². The first-order chi connectivity index (χ1) is 13.7. The van der Waals surface area contributed by atoms with Crippen molar-refractivity contribution in [2.24, 2.45) is 4.99 Å². The van der Waals surface area contributed by atoms with Gasteiger partial charge in [0.1, 0.15) is 0 Å². The van der Waals surface area contributed by atoms with E-state index in [1.807, 2.05) is 6.92 Å². The predicted octanol–water partition coefficient (Wildman–Crippen LogP) is 1.63. The van der Waals surface area contributed by atoms with Gasteiger partial charge in [-0.05, 0) is 30.9 Å². The summed E-state index contributed by atoms with van der Waals surface area (Å²) in [7, 11) is 1.67. The topological polar surface area (TPSA) is 78.4 Å². The second-order valence-electron chi connectivity index (χ2n) is 7.01. The number of hydrogen-bond donors (Lipinski definition) is 3. The molecule has 0 amide bonds. The summed E-state index contributed by atoms with van der Waals surface area (Å²) >= 11 is 0. The molecule has 0 saturated carbocycles. The minimum Gasteiger partial charge on any atom is -0.390 e. The highest BCUT2D eigenvalue weighted by atomic mass is 127. The van der Waals surface area contributed by atoms with Crippen LogP contribution in [0.3, 0.4) is 0 Å². The number of hydrogen-bond acceptors (Lipinski definition) is 5. The number of methoxy groups -OCH3 is 1. The molecular formula is C21H37IN4O3. The normalized spacial score (nSPS) is 15.3. The zero-order valence-corrected chi connectivity index (χ0v) is 20.1. The zero-order valence-electron chi connectivity index (χ0n) is 17.7. The van der Waals surface area contributed by atoms with Gasteiger partial charge in [0.05, 0.1) is 25.9 Å². The fraction of sp³-hybridized carbons (Fsp3) is 0.667. The maximum absolute atomic E-state index is 10.4. The number of β-amino-alcohol motifs (C(OH)–C–C–N with tert-alkyl or cyclic N) is 1. The van der Waals surface area contributed by atoms with Crippen LogP contribution in [0.2, 0.25) is 0 Å². The molecule has 0 fully saturated rings. The van der Waals surface area contributed by atoms with E-state index in [9.17, 15) is 5.11 Å². The summed E-state index contributed by atoms with van der Waals surface area (Å²) in [5, 5.41) is 16.9. The minimum atomic E-state index is -0.474. The Morgan fingerprint density at radius 3 is 2.76 bits per heavy atom. The first-order valence-electron chi connectivity index (χ1n) is 10.3. The summed E-state index contributed by atoms with van der Waals surface area (Å²) in [5.41, 5.74) is 2.79. The van der Waals surface area contributed by atoms with Crippen LogP contribution in [0, 0.1) is 0 Å². The second-order valence-corrected chi connectivity index (χ2v) is 7.01. The van der Waals surface area contributed by atoms with Crippen LogP contribution in [0.1, 0.15) is 24.5 Å². The van der Waals surface area contributed by atoms with Gasteiger partial charge in [-0.1, -0.05) is 24.3 Å². The molecular weight excluding hydrogens is 483 g/mol. The van der Waals surface area contributed by atoms with E-state index in [0.717, 1.165) is 45.0 Å². The highest BCUT2D eigenvalue weighted by Crippen LogP contribution is 2.18. The van der Waals surface area contributed by atoms with Crippen LogP contribution in [-0.2, 0) is 22.4 Å². The van der Waals surface area contributed by atoms with Crippen LogP contribution >= 0.6 is 24.0 Å². The number of halogens is 1. The molecule has 1 atom stereocenters. The van der Waals surface area contributed by atoms with Gasteiger partial charge < -0.3 is 25.2 Å². The number of fused-ring (bicyclic) bond motifs is 1. The average Bonchev–Trinajstić information content (AvgIpc) is 2.71. The van der Waals surface area contributed by atoms with E-state index >= 15 is 0 Å². The standard InChI is InChI=1S/C21H36N4O3.HI/c1-3-22-21(23-10-6-12-28-14-13-27-2)24-15-20(26)17-25-11-9-18-7-4-5-8-19(18)16-25;/h4-5,7-8,20,26H,3,6,9-17H2,1-2H3,(H2,22,23,24);1H. The van der Waals surface area contributed by atoms with Crippen LogP contribution < -0.4 is 10.6 Å². The molecule has 7 nitrogen and oxygen atoms in total. The average molecular weight is 520 g/mol. The third-order valence-electron chi connectivity index (χ3n) is 4.67. The largest absolute Gasteiger partial charge is 0.390 e. The number of nitrogens with zero attached hydrogens (tertiary/aromatic N) is 2. The lowest BCUT2D eigenvalue weighted by Crippen LogP contribution is -2.40. The number of guanidine groups is 1. The third kappa shape index (κ3) is 10.6. The Morgan fingerprint density at radius 2 is 2.00 bits per heavy atom. The Labute approximate surface area is 192 Å². The van der Waals surface area contributed by atoms with Gasteiger partial charge in [0.15, 0.2) is 5.96 Å². The van der Waals surface area contributed by atoms with Gasteiger partial charge in [-0.15, -0.1) is 24.0 Å². The molecule has 0 aromatic heterocycles. The Kier molecular flexibility index (Phi) is 14.3. The zero-order chi connectivity index (χ0) is 20.0. The number of aliphatic hydroxyl groups excluding tert-OH is 1. The van der Waals surface area contributed by atoms with Crippen molar-refractivity contribution in [3.05, 3.63) is 35.4 Å². The fourth-order valence-electron chi connectivity index (χ4n) is 3.23. The minimum absolute atomic E-state index is 0. The number of aliphatic hydroxyl groups is 1. The Bertz CT molecular complexity index is 589. The van der Waals surface area contributed by atoms with Crippen LogP contribution in [0.15, 0.2) is 29.3 Å². The van der Waals surface area contributed by atoms with Crippen molar-refractivity contribution in [1.82, 2.24) is 15.5 Å². The Hall–Kier alpha value is -0.940. The van der Waals surface area contributed by atoms with Gasteiger partial charge in [0, 0.05) is 46.4 Å². The van der Waals surface area contributed by atoms with Crippen LogP contribution in [-0.4, -0.2) is 81.7 Å². The van der Waals surface area contributed by atoms with Gasteiger partial charge in [-0.3, -0.25) is 9.89 Å². The van der Waals surface area contributed by atoms with Crippen molar-refractivity contribution in [3.8, 4) is 0 Å². The Morgan fingerprint density at radius 1 is 1.21 bits per heavy atom. The quantitative estimate of drug-likeness (QED) is 0.168. The van der Waals surface area contributed by atoms with Gasteiger partial charge in [-0.2, -0.15) is 0 Å². The number of aliphatic imine (C=N–C) groups is 1. The van der Waals surface area contributed by atoms with Crippen molar-refractivity contribution in [2.45, 2.75) is 32.4 Å². The fourth-order valence-corrected chi connectivity index (χ4v) is 3.23. The Balaban J connectivity index is 0.00000420. The molecule has 1 unspecified atom stereocenters. The molecule has 3 N–H and O–H groups in total. The molecule has 1 aromatic rings. The number of rotatable bonds is 12. The molecule has 29 heavy (non-hydrogen) atoms. The highest BCUT2D eigenvalue weighted by molar-refractivity contribution is 14.0. The van der Waals surface area contributed by atoms with E-state index in [-0.39, 0.29) is 24.0 Å². The van der Waals surface area contributed by atoms with Crippen molar-refractivity contribution in [3.63, 3.8) is 0 Å². The smallest absolute Gasteiger partial charge is 0.191 e. The molecule has 0 saturated heterocycles. The summed E-state index contributed by atoms with van der Waals surface area (Å²) in [6.07, 6.45) is 1.46. The van der Waals surface area contributed by atoms with Crippen molar-refractivity contribution in [1.29, 1.82) is 0 Å². The lowest BCUT2D eigenvalue weighted by molar-refractivity contribution is 0.0698. The maximum atomic E-state index is 10.4. The molecule has 0 aliphatic carbocycles.